The molecule has 4 nitrogen and oxygen atoms in total. The van der Waals surface area contributed by atoms with Gasteiger partial charge in [0.15, 0.2) is 9.84 Å². The van der Waals surface area contributed by atoms with Crippen LogP contribution in [0.4, 0.5) is 0 Å². The molecule has 0 bridgehead atoms. The van der Waals surface area contributed by atoms with Crippen molar-refractivity contribution in [1.29, 1.82) is 0 Å². The fourth-order valence-corrected chi connectivity index (χ4v) is 2.61. The van der Waals surface area contributed by atoms with Gasteiger partial charge < -0.3 is 4.74 Å². The summed E-state index contributed by atoms with van der Waals surface area (Å²) in [5, 5.41) is 1.10. The van der Waals surface area contributed by atoms with Crippen molar-refractivity contribution in [2.75, 3.05) is 0 Å². The summed E-state index contributed by atoms with van der Waals surface area (Å²) in [7, 11) is -3.51. The highest BCUT2D eigenvalue weighted by atomic mass is 32.2. The summed E-state index contributed by atoms with van der Waals surface area (Å²) in [6.45, 7) is 6.91. The Kier molecular flexibility index (Phi) is 5.51. The fraction of sp³-hybridized carbons (Fsp3) is 0.400. The Hall–Kier alpha value is -1.62. The van der Waals surface area contributed by atoms with E-state index in [1.807, 2.05) is 20.8 Å². The molecule has 0 aliphatic carbocycles. The smallest absolute Gasteiger partial charge is 0.303 e. The third kappa shape index (κ3) is 4.81. The first kappa shape index (κ1) is 16.4. The minimum absolute atomic E-state index is 0.00312. The Bertz CT molecular complexity index is 583. The normalized spacial score (nSPS) is 13.7. The summed E-state index contributed by atoms with van der Waals surface area (Å²) in [5.41, 5.74) is 0.993. The maximum atomic E-state index is 12.1. The van der Waals surface area contributed by atoms with Crippen LogP contribution >= 0.6 is 0 Å². The highest BCUT2D eigenvalue weighted by Gasteiger charge is 2.16. The zero-order valence-corrected chi connectivity index (χ0v) is 13.0. The van der Waals surface area contributed by atoms with Crippen LogP contribution in [-0.2, 0) is 19.4 Å². The summed E-state index contributed by atoms with van der Waals surface area (Å²) in [6.07, 6.45) is 0.870. The second kappa shape index (κ2) is 6.70. The average molecular weight is 296 g/mol. The van der Waals surface area contributed by atoms with Gasteiger partial charge in [0.1, 0.15) is 6.10 Å². The largest absolute Gasteiger partial charge is 0.458 e. The van der Waals surface area contributed by atoms with Gasteiger partial charge in [0.2, 0.25) is 0 Å². The first-order valence-corrected chi connectivity index (χ1v) is 7.94. The van der Waals surface area contributed by atoms with Crippen LogP contribution in [0.5, 0.6) is 0 Å². The van der Waals surface area contributed by atoms with Gasteiger partial charge in [0, 0.05) is 12.3 Å². The van der Waals surface area contributed by atoms with Crippen molar-refractivity contribution in [3.8, 4) is 0 Å². The molecule has 0 saturated carbocycles. The van der Waals surface area contributed by atoms with Gasteiger partial charge >= 0.3 is 5.97 Å². The molecule has 0 fully saturated rings. The van der Waals surface area contributed by atoms with Crippen molar-refractivity contribution in [3.05, 3.63) is 41.3 Å². The Morgan fingerprint density at radius 3 is 2.20 bits per heavy atom. The van der Waals surface area contributed by atoms with Crippen LogP contribution < -0.4 is 0 Å². The molecule has 1 aromatic carbocycles. The molecule has 1 rings (SSSR count). The molecular weight excluding hydrogens is 276 g/mol. The first-order valence-electron chi connectivity index (χ1n) is 6.39. The molecular formula is C15H20O4S. The number of carbonyl (C=O) groups is 1. The van der Waals surface area contributed by atoms with Gasteiger partial charge in [-0.2, -0.15) is 0 Å². The van der Waals surface area contributed by atoms with Crippen molar-refractivity contribution in [3.63, 3.8) is 0 Å². The van der Waals surface area contributed by atoms with E-state index < -0.39 is 21.9 Å². The minimum atomic E-state index is -3.51. The SMILES string of the molecule is CC(=O)O[C@@H](/C=C/S(=O)(=O)c1ccc(C)cc1)C(C)C. The van der Waals surface area contributed by atoms with Gasteiger partial charge in [-0.25, -0.2) is 8.42 Å². The lowest BCUT2D eigenvalue weighted by Gasteiger charge is -2.16. The van der Waals surface area contributed by atoms with Gasteiger partial charge in [0.25, 0.3) is 0 Å². The van der Waals surface area contributed by atoms with E-state index in [0.29, 0.717) is 0 Å². The lowest BCUT2D eigenvalue weighted by Crippen LogP contribution is -2.20. The quantitative estimate of drug-likeness (QED) is 0.784. The van der Waals surface area contributed by atoms with Crippen LogP contribution in [0.15, 0.2) is 40.6 Å². The van der Waals surface area contributed by atoms with Crippen molar-refractivity contribution < 1.29 is 17.9 Å². The standard InChI is InChI=1S/C15H20O4S/c1-11(2)15(19-13(4)16)9-10-20(17,18)14-7-5-12(3)6-8-14/h5-11,15H,1-4H3/b10-9+/t15-/m0/s1. The number of hydrogen-bond acceptors (Lipinski definition) is 4. The molecule has 20 heavy (non-hydrogen) atoms. The molecule has 0 aliphatic heterocycles. The number of ether oxygens (including phenoxy) is 1. The summed E-state index contributed by atoms with van der Waals surface area (Å²) in [6, 6.07) is 6.61. The van der Waals surface area contributed by atoms with E-state index in [9.17, 15) is 13.2 Å². The van der Waals surface area contributed by atoms with E-state index in [1.165, 1.54) is 13.0 Å². The number of esters is 1. The number of carbonyl (C=O) groups excluding carboxylic acids is 1. The molecule has 0 heterocycles. The number of aryl methyl sites for hydroxylation is 1. The van der Waals surface area contributed by atoms with Crippen LogP contribution in [0, 0.1) is 12.8 Å². The van der Waals surface area contributed by atoms with Crippen molar-refractivity contribution in [1.82, 2.24) is 0 Å². The maximum Gasteiger partial charge on any atom is 0.303 e. The molecule has 0 saturated heterocycles. The number of benzene rings is 1. The number of rotatable bonds is 5. The van der Waals surface area contributed by atoms with Crippen LogP contribution in [0.3, 0.4) is 0 Å². The molecule has 0 spiro atoms. The summed E-state index contributed by atoms with van der Waals surface area (Å²) in [5.74, 6) is -0.426. The topological polar surface area (TPSA) is 60.4 Å². The zero-order valence-electron chi connectivity index (χ0n) is 12.2. The summed E-state index contributed by atoms with van der Waals surface area (Å²) >= 11 is 0. The predicted octanol–water partition coefficient (Wildman–Crippen LogP) is 2.87. The summed E-state index contributed by atoms with van der Waals surface area (Å²) in [4.78, 5) is 11.2. The third-order valence-electron chi connectivity index (χ3n) is 2.76. The van der Waals surface area contributed by atoms with Gasteiger partial charge in [-0.05, 0) is 31.1 Å². The Balaban J connectivity index is 2.96. The highest BCUT2D eigenvalue weighted by Crippen LogP contribution is 2.15. The van der Waals surface area contributed by atoms with Gasteiger partial charge in [0.05, 0.1) is 4.90 Å². The fourth-order valence-electron chi connectivity index (χ4n) is 1.58. The van der Waals surface area contributed by atoms with Crippen LogP contribution in [-0.4, -0.2) is 20.5 Å². The zero-order chi connectivity index (χ0) is 15.3. The molecule has 0 aliphatic rings. The number of sulfone groups is 1. The van der Waals surface area contributed by atoms with E-state index in [0.717, 1.165) is 11.0 Å². The Morgan fingerprint density at radius 2 is 1.75 bits per heavy atom. The predicted molar refractivity (Wildman–Crippen MR) is 77.9 cm³/mol. The molecule has 0 aromatic heterocycles. The Labute approximate surface area is 120 Å². The molecule has 0 amide bonds. The van der Waals surface area contributed by atoms with Crippen molar-refractivity contribution in [2.45, 2.75) is 38.7 Å². The van der Waals surface area contributed by atoms with Crippen molar-refractivity contribution >= 4 is 15.8 Å². The molecule has 0 N–H and O–H groups in total. The molecule has 110 valence electrons. The molecule has 5 heteroatoms. The van der Waals surface area contributed by atoms with Crippen molar-refractivity contribution in [2.24, 2.45) is 5.92 Å². The van der Waals surface area contributed by atoms with Crippen LogP contribution in [0.2, 0.25) is 0 Å². The lowest BCUT2D eigenvalue weighted by molar-refractivity contribution is -0.145. The number of hydrogen-bond donors (Lipinski definition) is 0. The molecule has 0 radical (unpaired) electrons. The van der Waals surface area contributed by atoms with Crippen LogP contribution in [0.1, 0.15) is 26.3 Å². The first-order chi connectivity index (χ1) is 9.22. The highest BCUT2D eigenvalue weighted by molar-refractivity contribution is 7.94. The monoisotopic (exact) mass is 296 g/mol. The Morgan fingerprint density at radius 1 is 1.20 bits per heavy atom. The van der Waals surface area contributed by atoms with Gasteiger partial charge in [-0.1, -0.05) is 31.5 Å². The molecule has 1 aromatic rings. The van der Waals surface area contributed by atoms with E-state index >= 15 is 0 Å². The second-order valence-electron chi connectivity index (χ2n) is 5.00. The molecule has 0 unspecified atom stereocenters. The minimum Gasteiger partial charge on any atom is -0.458 e. The van der Waals surface area contributed by atoms with E-state index in [1.54, 1.807) is 24.3 Å². The van der Waals surface area contributed by atoms with E-state index in [2.05, 4.69) is 0 Å². The van der Waals surface area contributed by atoms with Crippen LogP contribution in [0.25, 0.3) is 0 Å². The molecule has 1 atom stereocenters. The van der Waals surface area contributed by atoms with E-state index in [4.69, 9.17) is 4.74 Å². The van der Waals surface area contributed by atoms with Gasteiger partial charge in [-0.15, -0.1) is 0 Å². The average Bonchev–Trinajstić information content (AvgIpc) is 2.34. The third-order valence-corrected chi connectivity index (χ3v) is 4.20. The second-order valence-corrected chi connectivity index (χ2v) is 6.84. The van der Waals surface area contributed by atoms with Gasteiger partial charge in [-0.3, -0.25) is 4.79 Å². The maximum absolute atomic E-state index is 12.1. The van der Waals surface area contributed by atoms with E-state index in [-0.39, 0.29) is 10.8 Å². The summed E-state index contributed by atoms with van der Waals surface area (Å²) < 4.78 is 29.3. The lowest BCUT2D eigenvalue weighted by atomic mass is 10.1.